The minimum absolute atomic E-state index is 0.151. The van der Waals surface area contributed by atoms with Gasteiger partial charge in [0.25, 0.3) is 10.0 Å². The molecule has 5 nitrogen and oxygen atoms in total. The molecule has 2 aromatic rings. The number of rotatable bonds is 4. The quantitative estimate of drug-likeness (QED) is 0.896. The lowest BCUT2D eigenvalue weighted by Gasteiger charge is -2.06. The molecular weight excluding hydrogens is 272 g/mol. The van der Waals surface area contributed by atoms with Gasteiger partial charge in [-0.3, -0.25) is 9.71 Å². The normalized spacial score (nSPS) is 11.4. The summed E-state index contributed by atoms with van der Waals surface area (Å²) in [5, 5.41) is 10.4. The van der Waals surface area contributed by atoms with Crippen molar-refractivity contribution in [3.8, 4) is 0 Å². The van der Waals surface area contributed by atoms with Gasteiger partial charge in [0.2, 0.25) is 0 Å². The van der Waals surface area contributed by atoms with Crippen molar-refractivity contribution in [3.63, 3.8) is 0 Å². The standard InChI is InChI=1S/C11H12N2O3S2/c1-8-2-9(5-12-4-8)13-18(15,16)11-3-10(6-14)17-7-11/h2-5,7,13-14H,6H2,1H3. The van der Waals surface area contributed by atoms with Crippen molar-refractivity contribution in [1.29, 1.82) is 0 Å². The van der Waals surface area contributed by atoms with Crippen molar-refractivity contribution in [1.82, 2.24) is 4.98 Å². The minimum Gasteiger partial charge on any atom is -0.391 e. The van der Waals surface area contributed by atoms with Gasteiger partial charge in [-0.25, -0.2) is 8.42 Å². The number of aromatic nitrogens is 1. The maximum atomic E-state index is 12.0. The van der Waals surface area contributed by atoms with Crippen LogP contribution in [-0.2, 0) is 16.6 Å². The lowest BCUT2D eigenvalue weighted by molar-refractivity contribution is 0.285. The Balaban J connectivity index is 2.27. The molecular formula is C11H12N2O3S2. The van der Waals surface area contributed by atoms with Gasteiger partial charge in [-0.05, 0) is 24.6 Å². The highest BCUT2D eigenvalue weighted by atomic mass is 32.2. The van der Waals surface area contributed by atoms with E-state index in [1.54, 1.807) is 12.3 Å². The van der Waals surface area contributed by atoms with Gasteiger partial charge in [0.05, 0.1) is 23.4 Å². The summed E-state index contributed by atoms with van der Waals surface area (Å²) < 4.78 is 26.5. The maximum Gasteiger partial charge on any atom is 0.262 e. The van der Waals surface area contributed by atoms with Crippen LogP contribution in [0.1, 0.15) is 10.4 Å². The van der Waals surface area contributed by atoms with Crippen LogP contribution in [0.15, 0.2) is 34.8 Å². The topological polar surface area (TPSA) is 79.3 Å². The highest BCUT2D eigenvalue weighted by molar-refractivity contribution is 7.92. The van der Waals surface area contributed by atoms with E-state index in [4.69, 9.17) is 5.11 Å². The Kier molecular flexibility index (Phi) is 3.65. The zero-order valence-electron chi connectivity index (χ0n) is 9.62. The lowest BCUT2D eigenvalue weighted by atomic mass is 10.3. The predicted molar refractivity (Wildman–Crippen MR) is 70.0 cm³/mol. The van der Waals surface area contributed by atoms with E-state index in [1.807, 2.05) is 6.92 Å². The average Bonchev–Trinajstić information content (AvgIpc) is 2.77. The van der Waals surface area contributed by atoms with Gasteiger partial charge in [0.15, 0.2) is 0 Å². The predicted octanol–water partition coefficient (Wildman–Crippen LogP) is 1.74. The molecule has 96 valence electrons. The molecule has 18 heavy (non-hydrogen) atoms. The number of anilines is 1. The van der Waals surface area contributed by atoms with Gasteiger partial charge in [-0.1, -0.05) is 0 Å². The minimum atomic E-state index is -3.61. The zero-order valence-corrected chi connectivity index (χ0v) is 11.3. The Morgan fingerprint density at radius 1 is 1.39 bits per heavy atom. The summed E-state index contributed by atoms with van der Waals surface area (Å²) in [6, 6.07) is 3.15. The summed E-state index contributed by atoms with van der Waals surface area (Å²) in [6.45, 7) is 1.67. The van der Waals surface area contributed by atoms with Gasteiger partial charge in [0.1, 0.15) is 0 Å². The number of nitrogens with zero attached hydrogens (tertiary/aromatic N) is 1. The molecule has 2 aromatic heterocycles. The van der Waals surface area contributed by atoms with Crippen LogP contribution in [0.25, 0.3) is 0 Å². The second-order valence-electron chi connectivity index (χ2n) is 3.76. The molecule has 2 N–H and O–H groups in total. The first-order valence-corrected chi connectivity index (χ1v) is 7.50. The van der Waals surface area contributed by atoms with E-state index in [9.17, 15) is 8.42 Å². The van der Waals surface area contributed by atoms with Crippen molar-refractivity contribution in [3.05, 3.63) is 40.3 Å². The third-order valence-electron chi connectivity index (χ3n) is 2.22. The highest BCUT2D eigenvalue weighted by Crippen LogP contribution is 2.21. The molecule has 0 aromatic carbocycles. The second-order valence-corrected chi connectivity index (χ2v) is 6.44. The Morgan fingerprint density at radius 3 is 2.78 bits per heavy atom. The summed E-state index contributed by atoms with van der Waals surface area (Å²) in [5.41, 5.74) is 1.29. The number of aryl methyl sites for hydroxylation is 1. The molecule has 2 rings (SSSR count). The number of nitrogens with one attached hydrogen (secondary N) is 1. The number of aliphatic hydroxyl groups excluding tert-OH is 1. The van der Waals surface area contributed by atoms with Crippen LogP contribution < -0.4 is 4.72 Å². The van der Waals surface area contributed by atoms with Gasteiger partial charge < -0.3 is 5.11 Å². The van der Waals surface area contributed by atoms with Crippen molar-refractivity contribution in [2.75, 3.05) is 4.72 Å². The molecule has 0 bridgehead atoms. The first-order chi connectivity index (χ1) is 8.51. The smallest absolute Gasteiger partial charge is 0.262 e. The van der Waals surface area contributed by atoms with Crippen LogP contribution in [0.5, 0.6) is 0 Å². The summed E-state index contributed by atoms with van der Waals surface area (Å²) in [6.07, 6.45) is 3.09. The summed E-state index contributed by atoms with van der Waals surface area (Å²) in [7, 11) is -3.61. The van der Waals surface area contributed by atoms with E-state index < -0.39 is 10.0 Å². The SMILES string of the molecule is Cc1cncc(NS(=O)(=O)c2csc(CO)c2)c1. The van der Waals surface area contributed by atoms with Gasteiger partial charge >= 0.3 is 0 Å². The van der Waals surface area contributed by atoms with E-state index in [1.165, 1.54) is 29.0 Å². The molecule has 0 saturated heterocycles. The molecule has 2 heterocycles. The zero-order chi connectivity index (χ0) is 13.2. The number of aliphatic hydroxyl groups is 1. The number of thiophene rings is 1. The van der Waals surface area contributed by atoms with Crippen LogP contribution in [0.2, 0.25) is 0 Å². The molecule has 0 atom stereocenters. The first kappa shape index (κ1) is 13.0. The number of hydrogen-bond donors (Lipinski definition) is 2. The molecule has 0 amide bonds. The summed E-state index contributed by atoms with van der Waals surface area (Å²) >= 11 is 1.21. The van der Waals surface area contributed by atoms with E-state index in [0.29, 0.717) is 10.6 Å². The molecule has 0 aliphatic heterocycles. The van der Waals surface area contributed by atoms with Gasteiger partial charge in [0, 0.05) is 16.5 Å². The summed E-state index contributed by atoms with van der Waals surface area (Å²) in [5.74, 6) is 0. The fourth-order valence-electron chi connectivity index (χ4n) is 1.41. The van der Waals surface area contributed by atoms with E-state index in [-0.39, 0.29) is 11.5 Å². The molecule has 0 fully saturated rings. The monoisotopic (exact) mass is 284 g/mol. The van der Waals surface area contributed by atoms with Crippen molar-refractivity contribution < 1.29 is 13.5 Å². The Morgan fingerprint density at radius 2 is 2.17 bits per heavy atom. The van der Waals surface area contributed by atoms with E-state index >= 15 is 0 Å². The highest BCUT2D eigenvalue weighted by Gasteiger charge is 2.16. The van der Waals surface area contributed by atoms with E-state index in [2.05, 4.69) is 9.71 Å². The lowest BCUT2D eigenvalue weighted by Crippen LogP contribution is -2.12. The molecule has 7 heteroatoms. The molecule has 0 unspecified atom stereocenters. The van der Waals surface area contributed by atoms with Crippen molar-refractivity contribution >= 4 is 27.0 Å². The maximum absolute atomic E-state index is 12.0. The molecule has 0 aliphatic rings. The summed E-state index contributed by atoms with van der Waals surface area (Å²) in [4.78, 5) is 4.68. The fourth-order valence-corrected chi connectivity index (χ4v) is 3.58. The van der Waals surface area contributed by atoms with Crippen LogP contribution >= 0.6 is 11.3 Å². The number of hydrogen-bond acceptors (Lipinski definition) is 5. The van der Waals surface area contributed by atoms with Crippen molar-refractivity contribution in [2.24, 2.45) is 0 Å². The Labute approximate surface area is 109 Å². The average molecular weight is 284 g/mol. The van der Waals surface area contributed by atoms with Crippen molar-refractivity contribution in [2.45, 2.75) is 18.4 Å². The molecule has 0 spiro atoms. The Bertz CT molecular complexity index is 650. The molecule has 0 radical (unpaired) electrons. The van der Waals surface area contributed by atoms with Crippen LogP contribution in [0, 0.1) is 6.92 Å². The number of sulfonamides is 1. The molecule has 0 aliphatic carbocycles. The van der Waals surface area contributed by atoms with Crippen LogP contribution in [0.4, 0.5) is 5.69 Å². The third-order valence-corrected chi connectivity index (χ3v) is 4.65. The number of pyridine rings is 1. The fraction of sp³-hybridized carbons (Fsp3) is 0.182. The van der Waals surface area contributed by atoms with Crippen LogP contribution in [-0.4, -0.2) is 18.5 Å². The largest absolute Gasteiger partial charge is 0.391 e. The first-order valence-electron chi connectivity index (χ1n) is 5.14. The molecule has 0 saturated carbocycles. The Hall–Kier alpha value is -1.44. The van der Waals surface area contributed by atoms with Gasteiger partial charge in [-0.15, -0.1) is 11.3 Å². The van der Waals surface area contributed by atoms with Gasteiger partial charge in [-0.2, -0.15) is 0 Å². The van der Waals surface area contributed by atoms with E-state index in [0.717, 1.165) is 5.56 Å². The third kappa shape index (κ3) is 2.87. The second kappa shape index (κ2) is 5.05. The van der Waals surface area contributed by atoms with Crippen LogP contribution in [0.3, 0.4) is 0 Å².